The summed E-state index contributed by atoms with van der Waals surface area (Å²) in [6.45, 7) is 0. The van der Waals surface area contributed by atoms with Crippen molar-refractivity contribution >= 4 is 0 Å². The van der Waals surface area contributed by atoms with E-state index in [-0.39, 0.29) is 0 Å². The Bertz CT molecular complexity index is 209. The fourth-order valence-corrected chi connectivity index (χ4v) is 3.93. The van der Waals surface area contributed by atoms with Crippen molar-refractivity contribution in [1.29, 1.82) is 0 Å². The number of allylic oxidation sites excluding steroid dienone is 4. The first-order chi connectivity index (χ1) is 4.59. The van der Waals surface area contributed by atoms with Gasteiger partial charge in [0, 0.05) is 0 Å². The van der Waals surface area contributed by atoms with Crippen molar-refractivity contribution in [2.75, 3.05) is 0 Å². The standard InChI is InChI=1S/C5H5.5CH3.Cr/c1-2-4-5-3-1;;;;;;/h1-5H;5*1H3;. The molecular formula is C10H20Cr. The normalized spacial score (nSPS) is 25.2. The number of hydrogen-bond acceptors (Lipinski definition) is 0. The Morgan fingerprint density at radius 1 is 0.818 bits per heavy atom. The van der Waals surface area contributed by atoms with E-state index in [4.69, 9.17) is 0 Å². The molecule has 0 N–H and O–H groups in total. The molecular weight excluding hydrogens is 172 g/mol. The maximum atomic E-state index is 2.47. The molecule has 0 aromatic rings. The Morgan fingerprint density at radius 3 is 1.36 bits per heavy atom. The second-order valence-electron chi connectivity index (χ2n) is 6.50. The molecule has 0 nitrogen and oxygen atoms in total. The molecule has 66 valence electrons. The summed E-state index contributed by atoms with van der Waals surface area (Å²) < 4.78 is 0.711. The summed E-state index contributed by atoms with van der Waals surface area (Å²) in [5.74, 6) is 12.3. The molecule has 0 atom stereocenters. The predicted octanol–water partition coefficient (Wildman–Crippen LogP) is 4.37. The van der Waals surface area contributed by atoms with E-state index in [2.05, 4.69) is 53.2 Å². The third-order valence-corrected chi connectivity index (χ3v) is 6.81. The summed E-state index contributed by atoms with van der Waals surface area (Å²) in [6, 6.07) is 0. The Balaban J connectivity index is 3.09. The van der Waals surface area contributed by atoms with Crippen LogP contribution in [0.4, 0.5) is 0 Å². The summed E-state index contributed by atoms with van der Waals surface area (Å²) in [4.78, 5) is 0. The van der Waals surface area contributed by atoms with Crippen molar-refractivity contribution in [2.45, 2.75) is 33.7 Å². The Hall–Kier alpha value is 0.0125. The summed E-state index contributed by atoms with van der Waals surface area (Å²) in [5, 5.41) is 0. The monoisotopic (exact) mass is 192 g/mol. The van der Waals surface area contributed by atoms with Crippen LogP contribution in [-0.4, -0.2) is 0 Å². The second kappa shape index (κ2) is 1.68. The van der Waals surface area contributed by atoms with Gasteiger partial charge in [-0.2, -0.15) is 0 Å². The molecule has 0 saturated heterocycles. The first kappa shape index (κ1) is 9.10. The van der Waals surface area contributed by atoms with E-state index < -0.39 is 10.9 Å². The third-order valence-electron chi connectivity index (χ3n) is 2.07. The van der Waals surface area contributed by atoms with E-state index in [1.54, 1.807) is 0 Å². The Labute approximate surface area is 69.3 Å². The van der Waals surface area contributed by atoms with Gasteiger partial charge >= 0.3 is 68.9 Å². The van der Waals surface area contributed by atoms with Gasteiger partial charge in [-0.05, 0) is 0 Å². The molecule has 0 aliphatic heterocycles. The van der Waals surface area contributed by atoms with E-state index in [0.717, 1.165) is 0 Å². The van der Waals surface area contributed by atoms with Crippen LogP contribution in [0.3, 0.4) is 0 Å². The zero-order valence-corrected chi connectivity index (χ0v) is 9.57. The predicted molar refractivity (Wildman–Crippen MR) is 51.4 cm³/mol. The summed E-state index contributed by atoms with van der Waals surface area (Å²) in [7, 11) is -2.34. The number of rotatable bonds is 1. The average molecular weight is 192 g/mol. The minimum absolute atomic E-state index is 0.711. The molecule has 0 fully saturated rings. The van der Waals surface area contributed by atoms with Crippen LogP contribution in [0, 0.1) is 0 Å². The van der Waals surface area contributed by atoms with Crippen LogP contribution in [0.15, 0.2) is 24.3 Å². The Morgan fingerprint density at radius 2 is 1.18 bits per heavy atom. The van der Waals surface area contributed by atoms with E-state index in [1.807, 2.05) is 0 Å². The van der Waals surface area contributed by atoms with Gasteiger partial charge in [-0.1, -0.05) is 0 Å². The van der Waals surface area contributed by atoms with Crippen molar-refractivity contribution in [1.82, 2.24) is 0 Å². The zero-order chi connectivity index (χ0) is 8.81. The quantitative estimate of drug-likeness (QED) is 0.578. The van der Waals surface area contributed by atoms with Gasteiger partial charge in [0.05, 0.1) is 0 Å². The van der Waals surface area contributed by atoms with Crippen molar-refractivity contribution in [3.63, 3.8) is 0 Å². The van der Waals surface area contributed by atoms with E-state index >= 15 is 0 Å². The Kier molecular flexibility index (Phi) is 1.39. The molecule has 0 unspecified atom stereocenters. The van der Waals surface area contributed by atoms with Crippen molar-refractivity contribution < 1.29 is 10.9 Å². The molecule has 0 amide bonds. The van der Waals surface area contributed by atoms with Crippen LogP contribution < -0.4 is 0 Å². The first-order valence-electron chi connectivity index (χ1n) is 3.94. The van der Waals surface area contributed by atoms with Gasteiger partial charge < -0.3 is 0 Å². The summed E-state index contributed by atoms with van der Waals surface area (Å²) >= 11 is 0. The fraction of sp³-hybridized carbons (Fsp3) is 0.600. The SMILES string of the molecule is [CH3][Cr]([CH3])([CH3])([CH3])([CH3])[CH]1C=CC=C1. The van der Waals surface area contributed by atoms with Gasteiger partial charge in [-0.3, -0.25) is 0 Å². The van der Waals surface area contributed by atoms with Crippen molar-refractivity contribution in [2.24, 2.45) is 0 Å². The summed E-state index contributed by atoms with van der Waals surface area (Å²) in [6.07, 6.45) is 9.03. The van der Waals surface area contributed by atoms with E-state index in [0.29, 0.717) is 4.78 Å². The fourth-order valence-electron chi connectivity index (χ4n) is 1.20. The minimum atomic E-state index is -2.34. The van der Waals surface area contributed by atoms with Crippen LogP contribution in [0.2, 0.25) is 33.7 Å². The molecule has 0 aromatic heterocycles. The molecule has 1 aliphatic rings. The molecule has 0 saturated carbocycles. The van der Waals surface area contributed by atoms with Crippen LogP contribution >= 0.6 is 0 Å². The molecule has 0 heterocycles. The van der Waals surface area contributed by atoms with Crippen molar-refractivity contribution in [3.8, 4) is 0 Å². The average Bonchev–Trinajstić information content (AvgIpc) is 2.01. The van der Waals surface area contributed by atoms with Crippen molar-refractivity contribution in [3.05, 3.63) is 24.3 Å². The van der Waals surface area contributed by atoms with Gasteiger partial charge in [0.15, 0.2) is 0 Å². The second-order valence-corrected chi connectivity index (χ2v) is 23.8. The molecule has 0 bridgehead atoms. The number of hydrogen-bond donors (Lipinski definition) is 0. The van der Waals surface area contributed by atoms with E-state index in [9.17, 15) is 0 Å². The molecule has 1 aliphatic carbocycles. The van der Waals surface area contributed by atoms with Crippen LogP contribution in [0.5, 0.6) is 0 Å². The van der Waals surface area contributed by atoms with Gasteiger partial charge in [-0.25, -0.2) is 0 Å². The van der Waals surface area contributed by atoms with Crippen LogP contribution in [-0.2, 0) is 10.9 Å². The molecule has 0 radical (unpaired) electrons. The van der Waals surface area contributed by atoms with Crippen LogP contribution in [0.1, 0.15) is 0 Å². The zero-order valence-electron chi connectivity index (χ0n) is 8.29. The third kappa shape index (κ3) is 2.22. The van der Waals surface area contributed by atoms with Gasteiger partial charge in [0.25, 0.3) is 0 Å². The summed E-state index contributed by atoms with van der Waals surface area (Å²) in [5.41, 5.74) is 0. The maximum absolute atomic E-state index is 2.47. The molecule has 1 heteroatoms. The van der Waals surface area contributed by atoms with Crippen LogP contribution in [0.25, 0.3) is 0 Å². The van der Waals surface area contributed by atoms with Gasteiger partial charge in [0.1, 0.15) is 0 Å². The topological polar surface area (TPSA) is 0 Å². The van der Waals surface area contributed by atoms with E-state index in [1.165, 1.54) is 0 Å². The molecule has 11 heavy (non-hydrogen) atoms. The first-order valence-corrected chi connectivity index (χ1v) is 11.1. The molecule has 1 rings (SSSR count). The molecule has 0 aromatic carbocycles. The molecule has 0 spiro atoms. The van der Waals surface area contributed by atoms with Gasteiger partial charge in [0.2, 0.25) is 0 Å². The van der Waals surface area contributed by atoms with Gasteiger partial charge in [-0.15, -0.1) is 0 Å².